The van der Waals surface area contributed by atoms with E-state index in [4.69, 9.17) is 9.97 Å². The lowest BCUT2D eigenvalue weighted by molar-refractivity contribution is 0.661. The second kappa shape index (κ2) is 9.71. The molecule has 3 heterocycles. The fourth-order valence-electron chi connectivity index (χ4n) is 7.76. The molecule has 0 atom stereocenters. The molecule has 0 saturated carbocycles. The molecule has 0 amide bonds. The molecule has 0 aliphatic heterocycles. The van der Waals surface area contributed by atoms with Crippen molar-refractivity contribution in [2.75, 3.05) is 0 Å². The number of benzene rings is 6. The van der Waals surface area contributed by atoms with Gasteiger partial charge in [0.15, 0.2) is 0 Å². The van der Waals surface area contributed by atoms with Gasteiger partial charge in [-0.3, -0.25) is 4.57 Å². The molecule has 9 aromatic rings. The Bertz CT molecular complexity index is 2710. The maximum absolute atomic E-state index is 5.42. The molecule has 0 spiro atoms. The van der Waals surface area contributed by atoms with Crippen LogP contribution in [0.2, 0.25) is 0 Å². The Labute approximate surface area is 276 Å². The summed E-state index contributed by atoms with van der Waals surface area (Å²) in [6.07, 6.45) is 0. The van der Waals surface area contributed by atoms with Crippen molar-refractivity contribution < 1.29 is 0 Å². The van der Waals surface area contributed by atoms with Crippen molar-refractivity contribution in [2.45, 2.75) is 19.3 Å². The number of thiophene rings is 1. The van der Waals surface area contributed by atoms with Gasteiger partial charge in [-0.25, -0.2) is 9.97 Å². The van der Waals surface area contributed by atoms with Crippen molar-refractivity contribution in [1.29, 1.82) is 0 Å². The summed E-state index contributed by atoms with van der Waals surface area (Å²) in [6.45, 7) is 4.69. The van der Waals surface area contributed by atoms with E-state index in [1.165, 1.54) is 53.2 Å². The van der Waals surface area contributed by atoms with Crippen LogP contribution in [0.15, 0.2) is 140 Å². The normalized spacial score (nSPS) is 13.5. The minimum absolute atomic E-state index is 0.0802. The summed E-state index contributed by atoms with van der Waals surface area (Å²) < 4.78 is 4.81. The van der Waals surface area contributed by atoms with Crippen LogP contribution in [0, 0.1) is 0 Å². The van der Waals surface area contributed by atoms with Crippen LogP contribution in [-0.2, 0) is 5.41 Å². The minimum atomic E-state index is -0.0802. The quantitative estimate of drug-likeness (QED) is 0.197. The highest BCUT2D eigenvalue weighted by atomic mass is 32.1. The molecule has 0 fully saturated rings. The highest BCUT2D eigenvalue weighted by Gasteiger charge is 2.36. The van der Waals surface area contributed by atoms with Crippen LogP contribution in [0.4, 0.5) is 0 Å². The summed E-state index contributed by atoms with van der Waals surface area (Å²) in [5, 5.41) is 4.98. The molecular formula is C43H29N3S. The van der Waals surface area contributed by atoms with Gasteiger partial charge in [0.1, 0.15) is 0 Å². The Morgan fingerprint density at radius 2 is 1.21 bits per heavy atom. The van der Waals surface area contributed by atoms with Gasteiger partial charge >= 0.3 is 0 Å². The Hall–Kier alpha value is -5.58. The Kier molecular flexibility index (Phi) is 5.50. The molecule has 0 bridgehead atoms. The first kappa shape index (κ1) is 26.6. The molecule has 47 heavy (non-hydrogen) atoms. The smallest absolute Gasteiger partial charge is 0.235 e. The fraction of sp³-hybridized carbons (Fsp3) is 0.0698. The molecule has 222 valence electrons. The first-order chi connectivity index (χ1) is 23.1. The summed E-state index contributed by atoms with van der Waals surface area (Å²) in [5.74, 6) is 0.677. The molecule has 4 heteroatoms. The topological polar surface area (TPSA) is 30.7 Å². The first-order valence-corrected chi connectivity index (χ1v) is 16.9. The summed E-state index contributed by atoms with van der Waals surface area (Å²) in [5.41, 5.74) is 11.5. The van der Waals surface area contributed by atoms with E-state index < -0.39 is 0 Å². The number of nitrogens with zero attached hydrogens (tertiary/aromatic N) is 3. The number of para-hydroxylation sites is 1. The SMILES string of the molecule is CC1(C)c2ccccc2-c2cc3c(cc21)c1ccccc1n3-c1nc(-c2ccccc2)cc(-c2cccc3c2sc2ccccc23)n1. The van der Waals surface area contributed by atoms with Gasteiger partial charge in [-0.1, -0.05) is 123 Å². The summed E-state index contributed by atoms with van der Waals surface area (Å²) >= 11 is 1.83. The molecule has 0 saturated heterocycles. The van der Waals surface area contributed by atoms with E-state index in [1.54, 1.807) is 0 Å². The number of hydrogen-bond donors (Lipinski definition) is 0. The van der Waals surface area contributed by atoms with E-state index in [9.17, 15) is 0 Å². The largest absolute Gasteiger partial charge is 0.278 e. The third-order valence-corrected chi connectivity index (χ3v) is 11.3. The monoisotopic (exact) mass is 619 g/mol. The predicted molar refractivity (Wildman–Crippen MR) is 198 cm³/mol. The van der Waals surface area contributed by atoms with Gasteiger partial charge in [0.25, 0.3) is 0 Å². The predicted octanol–water partition coefficient (Wildman–Crippen LogP) is 11.6. The second-order valence-corrected chi connectivity index (χ2v) is 14.1. The summed E-state index contributed by atoms with van der Waals surface area (Å²) in [4.78, 5) is 10.7. The lowest BCUT2D eigenvalue weighted by Gasteiger charge is -2.21. The molecule has 0 unspecified atom stereocenters. The third kappa shape index (κ3) is 3.79. The lowest BCUT2D eigenvalue weighted by atomic mass is 9.82. The van der Waals surface area contributed by atoms with Gasteiger partial charge in [-0.05, 0) is 52.6 Å². The summed E-state index contributed by atoms with van der Waals surface area (Å²) in [6, 6.07) is 50.2. The maximum Gasteiger partial charge on any atom is 0.235 e. The van der Waals surface area contributed by atoms with Gasteiger partial charge in [-0.15, -0.1) is 11.3 Å². The molecule has 0 radical (unpaired) electrons. The zero-order valence-corrected chi connectivity index (χ0v) is 26.8. The van der Waals surface area contributed by atoms with Gasteiger partial charge in [-0.2, -0.15) is 0 Å². The van der Waals surface area contributed by atoms with E-state index in [2.05, 4.69) is 158 Å². The molecule has 3 nitrogen and oxygen atoms in total. The van der Waals surface area contributed by atoms with Gasteiger partial charge in [0.05, 0.1) is 22.4 Å². The maximum atomic E-state index is 5.42. The molecule has 3 aromatic heterocycles. The third-order valence-electron chi connectivity index (χ3n) is 10.0. The Morgan fingerprint density at radius 1 is 0.511 bits per heavy atom. The number of hydrogen-bond acceptors (Lipinski definition) is 3. The van der Waals surface area contributed by atoms with E-state index >= 15 is 0 Å². The molecule has 1 aliphatic carbocycles. The zero-order chi connectivity index (χ0) is 31.3. The van der Waals surface area contributed by atoms with Gasteiger partial charge in [0.2, 0.25) is 5.95 Å². The summed E-state index contributed by atoms with van der Waals surface area (Å²) in [7, 11) is 0. The van der Waals surface area contributed by atoms with Crippen molar-refractivity contribution >= 4 is 53.3 Å². The van der Waals surface area contributed by atoms with Crippen LogP contribution in [0.5, 0.6) is 0 Å². The van der Waals surface area contributed by atoms with E-state index in [0.717, 1.165) is 33.5 Å². The standard InChI is InChI=1S/C43H29N3S/c1-43(2)34-20-9-6-15-27(34)32-24-39-33(23-35(32)43)28-16-7-10-21-38(28)46(39)42-44-36(26-13-4-3-5-14-26)25-37(45-42)31-19-12-18-30-29-17-8-11-22-40(29)47-41(30)31/h3-25H,1-2H3. The fourth-order valence-corrected chi connectivity index (χ4v) is 8.98. The van der Waals surface area contributed by atoms with E-state index in [0.29, 0.717) is 5.95 Å². The average Bonchev–Trinajstić information content (AvgIpc) is 3.73. The van der Waals surface area contributed by atoms with Crippen molar-refractivity contribution in [3.05, 3.63) is 151 Å². The Balaban J connectivity index is 1.30. The highest BCUT2D eigenvalue weighted by molar-refractivity contribution is 7.26. The second-order valence-electron chi connectivity index (χ2n) is 13.0. The zero-order valence-electron chi connectivity index (χ0n) is 26.0. The van der Waals surface area contributed by atoms with E-state index in [-0.39, 0.29) is 5.41 Å². The minimum Gasteiger partial charge on any atom is -0.278 e. The van der Waals surface area contributed by atoms with Crippen molar-refractivity contribution in [1.82, 2.24) is 14.5 Å². The average molecular weight is 620 g/mol. The number of aromatic nitrogens is 3. The molecular weight excluding hydrogens is 591 g/mol. The highest BCUT2D eigenvalue weighted by Crippen LogP contribution is 2.51. The van der Waals surface area contributed by atoms with E-state index in [1.807, 2.05) is 11.3 Å². The molecule has 0 N–H and O–H groups in total. The molecule has 6 aromatic carbocycles. The lowest BCUT2D eigenvalue weighted by Crippen LogP contribution is -2.14. The number of rotatable bonds is 3. The molecule has 1 aliphatic rings. The van der Waals surface area contributed by atoms with Crippen LogP contribution in [0.1, 0.15) is 25.0 Å². The van der Waals surface area contributed by atoms with Gasteiger partial charge < -0.3 is 0 Å². The van der Waals surface area contributed by atoms with Crippen molar-refractivity contribution in [3.8, 4) is 39.6 Å². The molecule has 10 rings (SSSR count). The van der Waals surface area contributed by atoms with Crippen molar-refractivity contribution in [3.63, 3.8) is 0 Å². The number of fused-ring (bicyclic) bond motifs is 9. The van der Waals surface area contributed by atoms with Crippen LogP contribution in [-0.4, -0.2) is 14.5 Å². The Morgan fingerprint density at radius 3 is 2.11 bits per heavy atom. The van der Waals surface area contributed by atoms with Crippen LogP contribution in [0.3, 0.4) is 0 Å². The van der Waals surface area contributed by atoms with Crippen LogP contribution >= 0.6 is 11.3 Å². The van der Waals surface area contributed by atoms with Gasteiger partial charge in [0, 0.05) is 47.5 Å². The first-order valence-electron chi connectivity index (χ1n) is 16.1. The van der Waals surface area contributed by atoms with Crippen LogP contribution < -0.4 is 0 Å². The van der Waals surface area contributed by atoms with Crippen molar-refractivity contribution in [2.24, 2.45) is 0 Å². The van der Waals surface area contributed by atoms with Crippen LogP contribution in [0.25, 0.3) is 81.6 Å².